The zero-order valence-electron chi connectivity index (χ0n) is 11.2. The first-order valence-corrected chi connectivity index (χ1v) is 6.61. The summed E-state index contributed by atoms with van der Waals surface area (Å²) in [6.07, 6.45) is 2.59. The summed E-state index contributed by atoms with van der Waals surface area (Å²) in [6.45, 7) is 5.75. The van der Waals surface area contributed by atoms with Crippen LogP contribution in [0.5, 0.6) is 5.75 Å². The fourth-order valence-corrected chi connectivity index (χ4v) is 2.42. The molecule has 1 aromatic heterocycles. The Morgan fingerprint density at radius 3 is 3.05 bits per heavy atom. The van der Waals surface area contributed by atoms with E-state index in [0.717, 1.165) is 48.0 Å². The average Bonchev–Trinajstić information content (AvgIpc) is 2.88. The fourth-order valence-electron chi connectivity index (χ4n) is 2.42. The van der Waals surface area contributed by atoms with E-state index in [0.29, 0.717) is 0 Å². The van der Waals surface area contributed by atoms with Crippen LogP contribution in [0, 0.1) is 6.92 Å². The van der Waals surface area contributed by atoms with Crippen LogP contribution in [0.2, 0.25) is 0 Å². The maximum absolute atomic E-state index is 5.54. The summed E-state index contributed by atoms with van der Waals surface area (Å²) < 4.78 is 5.54. The number of nitrogens with zero attached hydrogens (tertiary/aromatic N) is 2. The summed E-state index contributed by atoms with van der Waals surface area (Å²) in [5.41, 5.74) is 4.47. The third-order valence-corrected chi connectivity index (χ3v) is 3.39. The standard InChI is InChI=1S/C15H17N3O/c1-3-16-15-10(2)14(17-9-18-15)12-4-5-13-11(8-12)6-7-19-13/h4-5,8-9H,3,6-7H2,1-2H3,(H,16,17,18). The van der Waals surface area contributed by atoms with Crippen LogP contribution in [0.4, 0.5) is 5.82 Å². The lowest BCUT2D eigenvalue weighted by Gasteiger charge is -2.11. The van der Waals surface area contributed by atoms with Crippen LogP contribution in [-0.4, -0.2) is 23.1 Å². The summed E-state index contributed by atoms with van der Waals surface area (Å²) in [6, 6.07) is 6.27. The van der Waals surface area contributed by atoms with Crippen molar-refractivity contribution in [3.05, 3.63) is 35.7 Å². The van der Waals surface area contributed by atoms with Crippen molar-refractivity contribution in [2.45, 2.75) is 20.3 Å². The van der Waals surface area contributed by atoms with E-state index in [1.807, 2.05) is 6.07 Å². The number of aromatic nitrogens is 2. The van der Waals surface area contributed by atoms with Gasteiger partial charge in [0.05, 0.1) is 12.3 Å². The third-order valence-electron chi connectivity index (χ3n) is 3.39. The van der Waals surface area contributed by atoms with E-state index in [2.05, 4.69) is 41.3 Å². The largest absolute Gasteiger partial charge is 0.493 e. The molecule has 1 aromatic carbocycles. The minimum Gasteiger partial charge on any atom is -0.493 e. The van der Waals surface area contributed by atoms with Gasteiger partial charge in [0.2, 0.25) is 0 Å². The molecular formula is C15H17N3O. The van der Waals surface area contributed by atoms with Crippen LogP contribution in [0.25, 0.3) is 11.3 Å². The van der Waals surface area contributed by atoms with Crippen LogP contribution < -0.4 is 10.1 Å². The number of hydrogen-bond donors (Lipinski definition) is 1. The zero-order valence-corrected chi connectivity index (χ0v) is 11.2. The quantitative estimate of drug-likeness (QED) is 0.916. The fraction of sp³-hybridized carbons (Fsp3) is 0.333. The molecular weight excluding hydrogens is 238 g/mol. The molecule has 0 spiro atoms. The van der Waals surface area contributed by atoms with E-state index < -0.39 is 0 Å². The van der Waals surface area contributed by atoms with E-state index in [-0.39, 0.29) is 0 Å². The average molecular weight is 255 g/mol. The Bertz CT molecular complexity index is 610. The highest BCUT2D eigenvalue weighted by Crippen LogP contribution is 2.31. The van der Waals surface area contributed by atoms with Gasteiger partial charge in [-0.3, -0.25) is 0 Å². The van der Waals surface area contributed by atoms with Gasteiger partial charge >= 0.3 is 0 Å². The van der Waals surface area contributed by atoms with E-state index in [4.69, 9.17) is 4.74 Å². The Hall–Kier alpha value is -2.10. The van der Waals surface area contributed by atoms with Crippen LogP contribution in [0.3, 0.4) is 0 Å². The Morgan fingerprint density at radius 1 is 1.32 bits per heavy atom. The molecule has 0 saturated carbocycles. The van der Waals surface area contributed by atoms with E-state index in [9.17, 15) is 0 Å². The highest BCUT2D eigenvalue weighted by Gasteiger charge is 2.15. The zero-order chi connectivity index (χ0) is 13.2. The monoisotopic (exact) mass is 255 g/mol. The van der Waals surface area contributed by atoms with E-state index >= 15 is 0 Å². The Labute approximate surface area is 112 Å². The van der Waals surface area contributed by atoms with E-state index in [1.54, 1.807) is 6.33 Å². The molecule has 4 nitrogen and oxygen atoms in total. The second kappa shape index (κ2) is 4.88. The Kier molecular flexibility index (Phi) is 3.07. The molecule has 1 aliphatic heterocycles. The summed E-state index contributed by atoms with van der Waals surface area (Å²) in [5, 5.41) is 3.26. The maximum Gasteiger partial charge on any atom is 0.132 e. The van der Waals surface area contributed by atoms with Gasteiger partial charge in [0.1, 0.15) is 17.9 Å². The first-order chi connectivity index (χ1) is 9.29. The topological polar surface area (TPSA) is 47.0 Å². The van der Waals surface area contributed by atoms with Crippen molar-refractivity contribution in [1.29, 1.82) is 0 Å². The molecule has 0 radical (unpaired) electrons. The molecule has 0 fully saturated rings. The molecule has 0 amide bonds. The minimum atomic E-state index is 0.782. The second-order valence-corrected chi connectivity index (χ2v) is 4.65. The van der Waals surface area contributed by atoms with Crippen LogP contribution >= 0.6 is 0 Å². The molecule has 98 valence electrons. The number of anilines is 1. The molecule has 3 rings (SSSR count). The van der Waals surface area contributed by atoms with Gasteiger partial charge in [-0.15, -0.1) is 0 Å². The Balaban J connectivity index is 2.04. The smallest absolute Gasteiger partial charge is 0.132 e. The maximum atomic E-state index is 5.54. The molecule has 2 aromatic rings. The molecule has 1 aliphatic rings. The third kappa shape index (κ3) is 2.14. The summed E-state index contributed by atoms with van der Waals surface area (Å²) in [4.78, 5) is 8.70. The van der Waals surface area contributed by atoms with Crippen molar-refractivity contribution < 1.29 is 4.74 Å². The molecule has 1 N–H and O–H groups in total. The minimum absolute atomic E-state index is 0.782. The molecule has 0 saturated heterocycles. The number of nitrogens with one attached hydrogen (secondary N) is 1. The first-order valence-electron chi connectivity index (χ1n) is 6.61. The lowest BCUT2D eigenvalue weighted by atomic mass is 10.0. The molecule has 19 heavy (non-hydrogen) atoms. The molecule has 0 unspecified atom stereocenters. The van der Waals surface area contributed by atoms with Crippen molar-refractivity contribution in [3.63, 3.8) is 0 Å². The lowest BCUT2D eigenvalue weighted by Crippen LogP contribution is -2.03. The number of ether oxygens (including phenoxy) is 1. The molecule has 0 atom stereocenters. The second-order valence-electron chi connectivity index (χ2n) is 4.65. The molecule has 0 aliphatic carbocycles. The van der Waals surface area contributed by atoms with E-state index in [1.165, 1.54) is 5.56 Å². The Morgan fingerprint density at radius 2 is 2.21 bits per heavy atom. The highest BCUT2D eigenvalue weighted by atomic mass is 16.5. The van der Waals surface area contributed by atoms with Crippen molar-refractivity contribution >= 4 is 5.82 Å². The number of benzene rings is 1. The summed E-state index contributed by atoms with van der Waals surface area (Å²) in [5.74, 6) is 1.91. The van der Waals surface area contributed by atoms with Crippen LogP contribution in [0.1, 0.15) is 18.1 Å². The van der Waals surface area contributed by atoms with Crippen molar-refractivity contribution in [1.82, 2.24) is 9.97 Å². The summed E-state index contributed by atoms with van der Waals surface area (Å²) >= 11 is 0. The number of hydrogen-bond acceptors (Lipinski definition) is 4. The molecule has 4 heteroatoms. The van der Waals surface area contributed by atoms with Gasteiger partial charge in [-0.1, -0.05) is 0 Å². The van der Waals surface area contributed by atoms with Gasteiger partial charge in [-0.25, -0.2) is 9.97 Å². The van der Waals surface area contributed by atoms with Crippen LogP contribution in [-0.2, 0) is 6.42 Å². The highest BCUT2D eigenvalue weighted by molar-refractivity contribution is 5.69. The van der Waals surface area contributed by atoms with Gasteiger partial charge < -0.3 is 10.1 Å². The normalized spacial score (nSPS) is 12.9. The predicted octanol–water partition coefficient (Wildman–Crippen LogP) is 2.82. The van der Waals surface area contributed by atoms with Gasteiger partial charge in [0, 0.05) is 24.1 Å². The van der Waals surface area contributed by atoms with Crippen LogP contribution in [0.15, 0.2) is 24.5 Å². The van der Waals surface area contributed by atoms with Gasteiger partial charge in [0.15, 0.2) is 0 Å². The summed E-state index contributed by atoms with van der Waals surface area (Å²) in [7, 11) is 0. The van der Waals surface area contributed by atoms with Crippen molar-refractivity contribution in [2.24, 2.45) is 0 Å². The lowest BCUT2D eigenvalue weighted by molar-refractivity contribution is 0.357. The van der Waals surface area contributed by atoms with Gasteiger partial charge in [-0.2, -0.15) is 0 Å². The van der Waals surface area contributed by atoms with Crippen molar-refractivity contribution in [2.75, 3.05) is 18.5 Å². The van der Waals surface area contributed by atoms with Gasteiger partial charge in [-0.05, 0) is 37.6 Å². The first kappa shape index (κ1) is 12.0. The number of rotatable bonds is 3. The van der Waals surface area contributed by atoms with Crippen molar-refractivity contribution in [3.8, 4) is 17.0 Å². The van der Waals surface area contributed by atoms with Gasteiger partial charge in [0.25, 0.3) is 0 Å². The number of fused-ring (bicyclic) bond motifs is 1. The molecule has 2 heterocycles. The molecule has 0 bridgehead atoms. The SMILES string of the molecule is CCNc1ncnc(-c2ccc3c(c2)CCO3)c1C. The predicted molar refractivity (Wildman–Crippen MR) is 75.6 cm³/mol.